The number of amides is 1. The largest absolute Gasteiger partial charge is 0.495 e. The number of methoxy groups -OCH3 is 1. The number of Topliss-reactive ketones (excluding diaryl/α,β-unsaturated/α-hetero) is 1. The molecule has 0 aromatic heterocycles. The number of hydrogen-bond acceptors (Lipinski definition) is 5. The summed E-state index contributed by atoms with van der Waals surface area (Å²) in [5.74, 6) is -0.178. The molecule has 0 saturated heterocycles. The zero-order valence-corrected chi connectivity index (χ0v) is 19.5. The van der Waals surface area contributed by atoms with E-state index in [0.29, 0.717) is 24.4 Å². The van der Waals surface area contributed by atoms with Crippen LogP contribution in [0.4, 0.5) is 5.69 Å². The molecule has 0 bridgehead atoms. The first kappa shape index (κ1) is 24.6. The predicted octanol–water partition coefficient (Wildman–Crippen LogP) is 3.94. The first-order valence-electron chi connectivity index (χ1n) is 10.2. The lowest BCUT2D eigenvalue weighted by Gasteiger charge is -2.19. The molecule has 0 unspecified atom stereocenters. The quantitative estimate of drug-likeness (QED) is 0.558. The summed E-state index contributed by atoms with van der Waals surface area (Å²) in [4.78, 5) is 25.0. The van der Waals surface area contributed by atoms with Crippen molar-refractivity contribution in [2.45, 2.75) is 45.4 Å². The molecule has 31 heavy (non-hydrogen) atoms. The van der Waals surface area contributed by atoms with Crippen LogP contribution in [-0.4, -0.2) is 44.6 Å². The summed E-state index contributed by atoms with van der Waals surface area (Å²) in [6.45, 7) is 8.11. The van der Waals surface area contributed by atoms with Crippen molar-refractivity contribution in [1.82, 2.24) is 4.31 Å². The average molecular weight is 447 g/mol. The van der Waals surface area contributed by atoms with Crippen LogP contribution in [0.2, 0.25) is 0 Å². The maximum absolute atomic E-state index is 12.8. The molecule has 0 atom stereocenters. The predicted molar refractivity (Wildman–Crippen MR) is 121 cm³/mol. The van der Waals surface area contributed by atoms with Crippen molar-refractivity contribution in [2.75, 3.05) is 25.5 Å². The van der Waals surface area contributed by atoms with Crippen molar-refractivity contribution in [2.24, 2.45) is 0 Å². The Labute approximate surface area is 184 Å². The van der Waals surface area contributed by atoms with Crippen LogP contribution in [0.15, 0.2) is 41.3 Å². The highest BCUT2D eigenvalue weighted by Gasteiger charge is 2.23. The monoisotopic (exact) mass is 446 g/mol. The van der Waals surface area contributed by atoms with Gasteiger partial charge in [-0.2, -0.15) is 4.31 Å². The van der Waals surface area contributed by atoms with E-state index in [4.69, 9.17) is 4.74 Å². The zero-order chi connectivity index (χ0) is 23.2. The van der Waals surface area contributed by atoms with Crippen LogP contribution in [-0.2, 0) is 14.8 Å². The van der Waals surface area contributed by atoms with E-state index in [-0.39, 0.29) is 29.2 Å². The van der Waals surface area contributed by atoms with Crippen LogP contribution in [0.25, 0.3) is 0 Å². The first-order valence-corrected chi connectivity index (χ1v) is 11.7. The number of nitrogens with zero attached hydrogens (tertiary/aromatic N) is 1. The molecule has 0 saturated carbocycles. The lowest BCUT2D eigenvalue weighted by atomic mass is 10.0. The Morgan fingerprint density at radius 3 is 2.23 bits per heavy atom. The Balaban J connectivity index is 2.14. The first-order chi connectivity index (χ1) is 14.6. The molecule has 7 nitrogen and oxygen atoms in total. The molecule has 2 aromatic rings. The van der Waals surface area contributed by atoms with Gasteiger partial charge in [-0.1, -0.05) is 26.0 Å². The summed E-state index contributed by atoms with van der Waals surface area (Å²) < 4.78 is 32.2. The van der Waals surface area contributed by atoms with Gasteiger partial charge in [0.1, 0.15) is 5.75 Å². The van der Waals surface area contributed by atoms with Gasteiger partial charge in [-0.15, -0.1) is 0 Å². The molecule has 0 aliphatic carbocycles. The summed E-state index contributed by atoms with van der Waals surface area (Å²) >= 11 is 0. The summed E-state index contributed by atoms with van der Waals surface area (Å²) in [6.07, 6.45) is 0.0238. The minimum atomic E-state index is -3.68. The average Bonchev–Trinajstić information content (AvgIpc) is 2.74. The van der Waals surface area contributed by atoms with E-state index >= 15 is 0 Å². The van der Waals surface area contributed by atoms with Gasteiger partial charge in [0.05, 0.1) is 17.7 Å². The van der Waals surface area contributed by atoms with Crippen molar-refractivity contribution in [3.05, 3.63) is 53.1 Å². The maximum atomic E-state index is 12.8. The van der Waals surface area contributed by atoms with E-state index < -0.39 is 15.9 Å². The molecule has 8 heteroatoms. The number of aryl methyl sites for hydroxylation is 2. The Bertz CT molecular complexity index is 1060. The van der Waals surface area contributed by atoms with Crippen LogP contribution in [0.1, 0.15) is 48.2 Å². The molecule has 0 aliphatic rings. The molecule has 1 N–H and O–H groups in total. The number of carbonyl (C=O) groups is 2. The highest BCUT2D eigenvalue weighted by molar-refractivity contribution is 7.89. The lowest BCUT2D eigenvalue weighted by molar-refractivity contribution is -0.116. The highest BCUT2D eigenvalue weighted by Crippen LogP contribution is 2.29. The number of anilines is 1. The second kappa shape index (κ2) is 10.5. The van der Waals surface area contributed by atoms with Gasteiger partial charge in [-0.05, 0) is 49.2 Å². The Kier molecular flexibility index (Phi) is 8.36. The zero-order valence-electron chi connectivity index (χ0n) is 18.7. The van der Waals surface area contributed by atoms with Crippen molar-refractivity contribution in [3.8, 4) is 5.75 Å². The van der Waals surface area contributed by atoms with Gasteiger partial charge in [0, 0.05) is 31.5 Å². The van der Waals surface area contributed by atoms with Crippen molar-refractivity contribution < 1.29 is 22.7 Å². The number of carbonyl (C=O) groups excluding carboxylic acids is 2. The minimum Gasteiger partial charge on any atom is -0.495 e. The second-order valence-corrected chi connectivity index (χ2v) is 9.16. The number of rotatable bonds is 10. The van der Waals surface area contributed by atoms with Crippen LogP contribution in [0.3, 0.4) is 0 Å². The van der Waals surface area contributed by atoms with Gasteiger partial charge >= 0.3 is 0 Å². The molecule has 0 aliphatic heterocycles. The summed E-state index contributed by atoms with van der Waals surface area (Å²) in [5, 5.41) is 2.68. The van der Waals surface area contributed by atoms with E-state index in [1.807, 2.05) is 26.0 Å². The van der Waals surface area contributed by atoms with Crippen molar-refractivity contribution in [3.63, 3.8) is 0 Å². The van der Waals surface area contributed by atoms with Gasteiger partial charge < -0.3 is 10.1 Å². The number of hydrogen-bond donors (Lipinski definition) is 1. The smallest absolute Gasteiger partial charge is 0.243 e. The van der Waals surface area contributed by atoms with Gasteiger partial charge in [0.25, 0.3) is 0 Å². The van der Waals surface area contributed by atoms with Gasteiger partial charge in [-0.25, -0.2) is 8.42 Å². The van der Waals surface area contributed by atoms with Crippen LogP contribution in [0, 0.1) is 13.8 Å². The topological polar surface area (TPSA) is 92.8 Å². The van der Waals surface area contributed by atoms with Gasteiger partial charge in [0.2, 0.25) is 15.9 Å². The van der Waals surface area contributed by atoms with Crippen molar-refractivity contribution in [1.29, 1.82) is 0 Å². The number of sulfonamides is 1. The second-order valence-electron chi connectivity index (χ2n) is 7.22. The van der Waals surface area contributed by atoms with Gasteiger partial charge in [0.15, 0.2) is 5.78 Å². The fourth-order valence-electron chi connectivity index (χ4n) is 3.16. The SMILES string of the molecule is CCN(CC)S(=O)(=O)c1ccc(OC)c(NC(=O)CCC(=O)c2ccc(C)c(C)c2)c1. The number of benzene rings is 2. The third kappa shape index (κ3) is 5.92. The van der Waals surface area contributed by atoms with Gasteiger partial charge in [-0.3, -0.25) is 9.59 Å². The molecule has 0 radical (unpaired) electrons. The Morgan fingerprint density at radius 2 is 1.65 bits per heavy atom. The van der Waals surface area contributed by atoms with E-state index in [2.05, 4.69) is 5.32 Å². The molecular weight excluding hydrogens is 416 g/mol. The van der Waals surface area contributed by atoms with E-state index in [0.717, 1.165) is 11.1 Å². The van der Waals surface area contributed by atoms with E-state index in [1.165, 1.54) is 29.6 Å². The molecule has 168 valence electrons. The molecule has 0 fully saturated rings. The third-order valence-electron chi connectivity index (χ3n) is 5.20. The number of ketones is 1. The normalized spacial score (nSPS) is 11.4. The van der Waals surface area contributed by atoms with Crippen LogP contribution < -0.4 is 10.1 Å². The molecule has 0 spiro atoms. The fraction of sp³-hybridized carbons (Fsp3) is 0.391. The van der Waals surface area contributed by atoms with Crippen LogP contribution in [0.5, 0.6) is 5.75 Å². The molecule has 2 aromatic carbocycles. The Hall–Kier alpha value is -2.71. The standard InChI is InChI=1S/C23H30N2O5S/c1-6-25(7-2)31(28,29)19-10-12-22(30-5)20(15-19)24-23(27)13-11-21(26)18-9-8-16(3)17(4)14-18/h8-10,12,14-15H,6-7,11,13H2,1-5H3,(H,24,27). The van der Waals surface area contributed by atoms with Crippen LogP contribution >= 0.6 is 0 Å². The third-order valence-corrected chi connectivity index (χ3v) is 7.24. The number of nitrogens with one attached hydrogen (secondary N) is 1. The molecule has 0 heterocycles. The minimum absolute atomic E-state index is 0.0259. The molecular formula is C23H30N2O5S. The highest BCUT2D eigenvalue weighted by atomic mass is 32.2. The molecule has 2 rings (SSSR count). The Morgan fingerprint density at radius 1 is 0.968 bits per heavy atom. The molecule has 1 amide bonds. The maximum Gasteiger partial charge on any atom is 0.243 e. The lowest BCUT2D eigenvalue weighted by Crippen LogP contribution is -2.30. The summed E-state index contributed by atoms with van der Waals surface area (Å²) in [6, 6.07) is 9.80. The number of ether oxygens (including phenoxy) is 1. The summed E-state index contributed by atoms with van der Waals surface area (Å²) in [7, 11) is -2.24. The van der Waals surface area contributed by atoms with E-state index in [1.54, 1.807) is 19.9 Å². The van der Waals surface area contributed by atoms with E-state index in [9.17, 15) is 18.0 Å². The fourth-order valence-corrected chi connectivity index (χ4v) is 4.64. The van der Waals surface area contributed by atoms with Crippen molar-refractivity contribution >= 4 is 27.4 Å². The summed E-state index contributed by atoms with van der Waals surface area (Å²) in [5.41, 5.74) is 2.94.